The Balaban J connectivity index is 3.16. The topological polar surface area (TPSA) is 95.5 Å². The van der Waals surface area contributed by atoms with Crippen molar-refractivity contribution in [3.63, 3.8) is 0 Å². The minimum absolute atomic E-state index is 0.169. The van der Waals surface area contributed by atoms with E-state index in [1.54, 1.807) is 6.92 Å². The Morgan fingerprint density at radius 1 is 1.31 bits per heavy atom. The first-order valence-corrected chi connectivity index (χ1v) is 5.21. The summed E-state index contributed by atoms with van der Waals surface area (Å²) in [6.45, 7) is 4.68. The van der Waals surface area contributed by atoms with Crippen molar-refractivity contribution >= 4 is 0 Å². The fraction of sp³-hybridized carbons (Fsp3) is 1.00. The van der Waals surface area contributed by atoms with Gasteiger partial charge in [-0.2, -0.15) is 0 Å². The van der Waals surface area contributed by atoms with Gasteiger partial charge in [0.2, 0.25) is 0 Å². The van der Waals surface area contributed by atoms with Crippen molar-refractivity contribution in [2.45, 2.75) is 50.8 Å². The molecule has 0 spiro atoms. The van der Waals surface area contributed by atoms with Gasteiger partial charge in [-0.3, -0.25) is 20.2 Å². The minimum Gasteiger partial charge on any atom is -0.371 e. The van der Waals surface area contributed by atoms with Crippen molar-refractivity contribution < 1.29 is 14.6 Å². The Morgan fingerprint density at radius 3 is 2.25 bits per heavy atom. The standard InChI is InChI=1S/C9H16N2O5/c1-4-16-7-5-6-8(2,10(12)13)9(7,3)11(14)15/h7H,4-6H2,1-3H3/t7-,8+,9-/m1/s1. The van der Waals surface area contributed by atoms with E-state index in [-0.39, 0.29) is 6.42 Å². The summed E-state index contributed by atoms with van der Waals surface area (Å²) >= 11 is 0. The van der Waals surface area contributed by atoms with Crippen molar-refractivity contribution in [3.05, 3.63) is 20.2 Å². The van der Waals surface area contributed by atoms with Crippen LogP contribution in [0.5, 0.6) is 0 Å². The molecule has 1 aliphatic carbocycles. The Morgan fingerprint density at radius 2 is 1.88 bits per heavy atom. The zero-order valence-electron chi connectivity index (χ0n) is 9.63. The highest BCUT2D eigenvalue weighted by Gasteiger charge is 2.73. The van der Waals surface area contributed by atoms with Crippen LogP contribution in [0.15, 0.2) is 0 Å². The molecule has 0 amide bonds. The van der Waals surface area contributed by atoms with Crippen LogP contribution >= 0.6 is 0 Å². The summed E-state index contributed by atoms with van der Waals surface area (Å²) in [5.74, 6) is 0. The summed E-state index contributed by atoms with van der Waals surface area (Å²) in [4.78, 5) is 21.1. The van der Waals surface area contributed by atoms with Gasteiger partial charge in [0.25, 0.3) is 5.54 Å². The molecular weight excluding hydrogens is 216 g/mol. The maximum atomic E-state index is 11.1. The highest BCUT2D eigenvalue weighted by atomic mass is 16.7. The van der Waals surface area contributed by atoms with E-state index in [4.69, 9.17) is 4.74 Å². The van der Waals surface area contributed by atoms with Gasteiger partial charge in [-0.05, 0) is 13.3 Å². The number of hydrogen-bond donors (Lipinski definition) is 0. The Hall–Kier alpha value is -1.24. The summed E-state index contributed by atoms with van der Waals surface area (Å²) in [6, 6.07) is 0. The fourth-order valence-corrected chi connectivity index (χ4v) is 2.33. The third-order valence-electron chi connectivity index (χ3n) is 3.76. The third kappa shape index (κ3) is 1.46. The first-order valence-electron chi connectivity index (χ1n) is 5.21. The van der Waals surface area contributed by atoms with E-state index in [1.165, 1.54) is 13.8 Å². The fourth-order valence-electron chi connectivity index (χ4n) is 2.33. The summed E-state index contributed by atoms with van der Waals surface area (Å²) < 4.78 is 5.28. The largest absolute Gasteiger partial charge is 0.371 e. The first-order chi connectivity index (χ1) is 7.30. The van der Waals surface area contributed by atoms with Crippen LogP contribution in [0, 0.1) is 20.2 Å². The van der Waals surface area contributed by atoms with Gasteiger partial charge in [0.1, 0.15) is 6.10 Å². The molecule has 0 unspecified atom stereocenters. The minimum atomic E-state index is -1.66. The Kier molecular flexibility index (Phi) is 3.18. The van der Waals surface area contributed by atoms with Gasteiger partial charge in [0.15, 0.2) is 0 Å². The monoisotopic (exact) mass is 232 g/mol. The molecular formula is C9H16N2O5. The summed E-state index contributed by atoms with van der Waals surface area (Å²) in [5, 5.41) is 22.2. The van der Waals surface area contributed by atoms with Crippen LogP contribution in [-0.4, -0.2) is 33.6 Å². The normalized spacial score (nSPS) is 38.6. The molecule has 16 heavy (non-hydrogen) atoms. The van der Waals surface area contributed by atoms with Gasteiger partial charge < -0.3 is 4.74 Å². The van der Waals surface area contributed by atoms with E-state index >= 15 is 0 Å². The molecule has 0 saturated heterocycles. The van der Waals surface area contributed by atoms with E-state index in [9.17, 15) is 20.2 Å². The van der Waals surface area contributed by atoms with Crippen molar-refractivity contribution in [1.82, 2.24) is 0 Å². The lowest BCUT2D eigenvalue weighted by Gasteiger charge is -2.29. The smallest absolute Gasteiger partial charge is 0.312 e. The average molecular weight is 232 g/mol. The molecule has 1 saturated carbocycles. The van der Waals surface area contributed by atoms with E-state index < -0.39 is 27.0 Å². The molecule has 0 aliphatic heterocycles. The van der Waals surface area contributed by atoms with Crippen molar-refractivity contribution in [1.29, 1.82) is 0 Å². The second-order valence-electron chi connectivity index (χ2n) is 4.42. The molecule has 0 heterocycles. The number of nitro groups is 2. The van der Waals surface area contributed by atoms with Crippen LogP contribution in [0.2, 0.25) is 0 Å². The van der Waals surface area contributed by atoms with Crippen LogP contribution in [0.1, 0.15) is 33.6 Å². The molecule has 0 bridgehead atoms. The second-order valence-corrected chi connectivity index (χ2v) is 4.42. The van der Waals surface area contributed by atoms with E-state index in [2.05, 4.69) is 0 Å². The molecule has 0 radical (unpaired) electrons. The number of nitrogens with zero attached hydrogens (tertiary/aromatic N) is 2. The molecule has 0 aromatic rings. The van der Waals surface area contributed by atoms with Crippen LogP contribution in [0.25, 0.3) is 0 Å². The van der Waals surface area contributed by atoms with E-state index in [1.807, 2.05) is 0 Å². The van der Waals surface area contributed by atoms with Crippen LogP contribution in [0.4, 0.5) is 0 Å². The zero-order chi connectivity index (χ0) is 12.6. The lowest BCUT2D eigenvalue weighted by molar-refractivity contribution is -0.679. The molecule has 92 valence electrons. The molecule has 1 fully saturated rings. The summed E-state index contributed by atoms with van der Waals surface area (Å²) in [5.41, 5.74) is -3.22. The second kappa shape index (κ2) is 3.97. The third-order valence-corrected chi connectivity index (χ3v) is 3.76. The Labute approximate surface area is 93.1 Å². The number of rotatable bonds is 4. The molecule has 3 atom stereocenters. The zero-order valence-corrected chi connectivity index (χ0v) is 9.63. The molecule has 1 rings (SSSR count). The Bertz CT molecular complexity index is 321. The molecule has 1 aliphatic rings. The summed E-state index contributed by atoms with van der Waals surface area (Å²) in [6.07, 6.45) is -0.173. The molecule has 7 nitrogen and oxygen atoms in total. The van der Waals surface area contributed by atoms with Gasteiger partial charge in [-0.15, -0.1) is 0 Å². The van der Waals surface area contributed by atoms with E-state index in [0.717, 1.165) is 0 Å². The predicted octanol–water partition coefficient (Wildman–Crippen LogP) is 1.26. The molecule has 0 aromatic heterocycles. The first kappa shape index (κ1) is 12.8. The lowest BCUT2D eigenvalue weighted by atomic mass is 9.82. The maximum Gasteiger partial charge on any atom is 0.312 e. The molecule has 0 aromatic carbocycles. The number of ether oxygens (including phenoxy) is 1. The van der Waals surface area contributed by atoms with Gasteiger partial charge >= 0.3 is 5.54 Å². The highest BCUT2D eigenvalue weighted by Crippen LogP contribution is 2.44. The van der Waals surface area contributed by atoms with E-state index in [0.29, 0.717) is 13.0 Å². The highest BCUT2D eigenvalue weighted by molar-refractivity contribution is 5.06. The average Bonchev–Trinajstić information content (AvgIpc) is 2.45. The van der Waals surface area contributed by atoms with Crippen LogP contribution < -0.4 is 0 Å². The lowest BCUT2D eigenvalue weighted by Crippen LogP contribution is -2.61. The molecule has 0 N–H and O–H groups in total. The molecule has 7 heteroatoms. The predicted molar refractivity (Wildman–Crippen MR) is 55.4 cm³/mol. The van der Waals surface area contributed by atoms with Crippen LogP contribution in [0.3, 0.4) is 0 Å². The maximum absolute atomic E-state index is 11.1. The van der Waals surface area contributed by atoms with Crippen molar-refractivity contribution in [2.75, 3.05) is 6.61 Å². The van der Waals surface area contributed by atoms with Gasteiger partial charge in [-0.1, -0.05) is 0 Å². The number of hydrogen-bond acceptors (Lipinski definition) is 5. The SMILES string of the molecule is CCO[C@@H]1CC[C@](C)([N+](=O)[O-])[C@]1(C)[N+](=O)[O-]. The van der Waals surface area contributed by atoms with Crippen molar-refractivity contribution in [3.8, 4) is 0 Å². The summed E-state index contributed by atoms with van der Waals surface area (Å²) in [7, 11) is 0. The van der Waals surface area contributed by atoms with Gasteiger partial charge in [0.05, 0.1) is 0 Å². The van der Waals surface area contributed by atoms with Gasteiger partial charge in [-0.25, -0.2) is 0 Å². The van der Waals surface area contributed by atoms with Crippen LogP contribution in [-0.2, 0) is 4.74 Å². The van der Waals surface area contributed by atoms with Crippen molar-refractivity contribution in [2.24, 2.45) is 0 Å². The van der Waals surface area contributed by atoms with Gasteiger partial charge in [0, 0.05) is 36.7 Å². The quantitative estimate of drug-likeness (QED) is 0.537.